The van der Waals surface area contributed by atoms with Gasteiger partial charge in [0.15, 0.2) is 0 Å². The molecular weight excluding hydrogens is 364 g/mol. The van der Waals surface area contributed by atoms with Crippen LogP contribution in [0.4, 0.5) is 16.2 Å². The van der Waals surface area contributed by atoms with Crippen LogP contribution in [0, 0.1) is 0 Å². The second-order valence-electron chi connectivity index (χ2n) is 9.59. The lowest BCUT2D eigenvalue weighted by atomic mass is 10.1. The maximum Gasteiger partial charge on any atom is 0.410 e. The number of likely N-dealkylation sites (tertiary alicyclic amines) is 1. The van der Waals surface area contributed by atoms with Gasteiger partial charge in [0, 0.05) is 56.2 Å². The monoisotopic (exact) mass is 402 g/mol. The topological polar surface area (TPSA) is 48.1 Å². The molecule has 1 amide bonds. The smallest absolute Gasteiger partial charge is 0.410 e. The van der Waals surface area contributed by atoms with E-state index in [-0.39, 0.29) is 18.2 Å². The van der Waals surface area contributed by atoms with Crippen molar-refractivity contribution in [2.45, 2.75) is 64.6 Å². The highest BCUT2D eigenvalue weighted by atomic mass is 16.6. The molecule has 3 rings (SSSR count). The summed E-state index contributed by atoms with van der Waals surface area (Å²) in [5.74, 6) is 0. The van der Waals surface area contributed by atoms with E-state index in [0.29, 0.717) is 0 Å². The van der Waals surface area contributed by atoms with Gasteiger partial charge in [-0.25, -0.2) is 4.79 Å². The van der Waals surface area contributed by atoms with Gasteiger partial charge in [-0.2, -0.15) is 0 Å². The summed E-state index contributed by atoms with van der Waals surface area (Å²) in [4.78, 5) is 19.2. The minimum absolute atomic E-state index is 0.177. The highest BCUT2D eigenvalue weighted by Crippen LogP contribution is 2.26. The van der Waals surface area contributed by atoms with Gasteiger partial charge in [-0.05, 0) is 78.3 Å². The molecule has 2 aliphatic heterocycles. The Morgan fingerprint density at radius 1 is 1.14 bits per heavy atom. The molecule has 162 valence electrons. The summed E-state index contributed by atoms with van der Waals surface area (Å²) in [7, 11) is 2.18. The fourth-order valence-corrected chi connectivity index (χ4v) is 4.23. The highest BCUT2D eigenvalue weighted by molar-refractivity contribution is 5.69. The van der Waals surface area contributed by atoms with E-state index in [2.05, 4.69) is 53.4 Å². The molecule has 0 aromatic heterocycles. The summed E-state index contributed by atoms with van der Waals surface area (Å²) in [5, 5.41) is 3.61. The number of benzene rings is 1. The van der Waals surface area contributed by atoms with E-state index in [1.807, 2.05) is 25.7 Å². The molecule has 0 bridgehead atoms. The zero-order valence-corrected chi connectivity index (χ0v) is 18.8. The number of piperazine rings is 1. The average molecular weight is 403 g/mol. The molecule has 1 aromatic carbocycles. The first kappa shape index (κ1) is 21.8. The van der Waals surface area contributed by atoms with Gasteiger partial charge in [-0.1, -0.05) is 0 Å². The number of carbonyl (C=O) groups is 1. The van der Waals surface area contributed by atoms with E-state index in [9.17, 15) is 4.79 Å². The van der Waals surface area contributed by atoms with Crippen molar-refractivity contribution < 1.29 is 9.53 Å². The first-order valence-electron chi connectivity index (χ1n) is 11.0. The van der Waals surface area contributed by atoms with Crippen LogP contribution in [-0.4, -0.2) is 73.3 Å². The Morgan fingerprint density at radius 3 is 2.41 bits per heavy atom. The zero-order chi connectivity index (χ0) is 21.0. The molecule has 1 N–H and O–H groups in total. The molecule has 6 heteroatoms. The number of hydrogen-bond acceptors (Lipinski definition) is 5. The molecule has 0 radical (unpaired) electrons. The summed E-state index contributed by atoms with van der Waals surface area (Å²) in [6.45, 7) is 13.2. The number of rotatable bonds is 5. The summed E-state index contributed by atoms with van der Waals surface area (Å²) in [5.41, 5.74) is 1.99. The van der Waals surface area contributed by atoms with E-state index in [0.717, 1.165) is 57.7 Å². The van der Waals surface area contributed by atoms with Crippen LogP contribution in [0.5, 0.6) is 0 Å². The number of likely N-dealkylation sites (N-methyl/N-ethyl adjacent to an activating group) is 1. The average Bonchev–Trinajstić information content (AvgIpc) is 3.10. The quantitative estimate of drug-likeness (QED) is 0.806. The van der Waals surface area contributed by atoms with Crippen molar-refractivity contribution in [3.05, 3.63) is 24.3 Å². The Bertz CT molecular complexity index is 662. The third-order valence-corrected chi connectivity index (χ3v) is 5.78. The highest BCUT2D eigenvalue weighted by Gasteiger charge is 2.32. The molecule has 2 atom stereocenters. The maximum absolute atomic E-state index is 12.5. The molecular formula is C23H38N4O2. The van der Waals surface area contributed by atoms with Gasteiger partial charge in [0.1, 0.15) is 5.60 Å². The lowest BCUT2D eigenvalue weighted by Gasteiger charge is -2.34. The molecule has 0 unspecified atom stereocenters. The van der Waals surface area contributed by atoms with E-state index in [1.165, 1.54) is 5.69 Å². The van der Waals surface area contributed by atoms with Gasteiger partial charge in [0.25, 0.3) is 0 Å². The Labute approximate surface area is 176 Å². The van der Waals surface area contributed by atoms with Gasteiger partial charge >= 0.3 is 6.09 Å². The minimum Gasteiger partial charge on any atom is -0.444 e. The van der Waals surface area contributed by atoms with Gasteiger partial charge in [-0.15, -0.1) is 0 Å². The number of carbonyl (C=O) groups excluding carboxylic acids is 1. The molecule has 6 nitrogen and oxygen atoms in total. The molecule has 2 fully saturated rings. The lowest BCUT2D eigenvalue weighted by molar-refractivity contribution is 0.0218. The number of hydrogen-bond donors (Lipinski definition) is 1. The Balaban J connectivity index is 1.51. The van der Waals surface area contributed by atoms with Crippen LogP contribution in [0.2, 0.25) is 0 Å². The Morgan fingerprint density at radius 2 is 1.79 bits per heavy atom. The van der Waals surface area contributed by atoms with Crippen molar-refractivity contribution in [2.75, 3.05) is 50.0 Å². The number of nitrogens with one attached hydrogen (secondary N) is 1. The van der Waals surface area contributed by atoms with Gasteiger partial charge in [-0.3, -0.25) is 0 Å². The maximum atomic E-state index is 12.5. The van der Waals surface area contributed by atoms with Crippen molar-refractivity contribution in [2.24, 2.45) is 0 Å². The van der Waals surface area contributed by atoms with E-state index in [4.69, 9.17) is 4.74 Å². The summed E-state index contributed by atoms with van der Waals surface area (Å²) in [6.07, 6.45) is 2.85. The van der Waals surface area contributed by atoms with Crippen molar-refractivity contribution in [1.82, 2.24) is 9.80 Å². The number of nitrogens with zero attached hydrogens (tertiary/aromatic N) is 3. The van der Waals surface area contributed by atoms with Crippen LogP contribution in [-0.2, 0) is 4.74 Å². The van der Waals surface area contributed by atoms with Gasteiger partial charge in [0.05, 0.1) is 0 Å². The van der Waals surface area contributed by atoms with Crippen LogP contribution in [0.1, 0.15) is 47.0 Å². The first-order chi connectivity index (χ1) is 13.7. The lowest BCUT2D eigenvalue weighted by Crippen LogP contribution is -2.44. The normalized spacial score (nSPS) is 21.9. The van der Waals surface area contributed by atoms with Gasteiger partial charge < -0.3 is 24.8 Å². The van der Waals surface area contributed by atoms with Crippen LogP contribution >= 0.6 is 0 Å². The van der Waals surface area contributed by atoms with E-state index >= 15 is 0 Å². The Kier molecular flexibility index (Phi) is 6.93. The third kappa shape index (κ3) is 6.26. The molecule has 0 spiro atoms. The molecule has 29 heavy (non-hydrogen) atoms. The molecule has 0 saturated carbocycles. The number of ether oxygens (including phenoxy) is 1. The van der Waals surface area contributed by atoms with Crippen LogP contribution < -0.4 is 10.2 Å². The second kappa shape index (κ2) is 9.24. The van der Waals surface area contributed by atoms with Gasteiger partial charge in [0.2, 0.25) is 0 Å². The number of anilines is 2. The van der Waals surface area contributed by atoms with Crippen LogP contribution in [0.3, 0.4) is 0 Å². The molecule has 1 aromatic rings. The number of amides is 1. The van der Waals surface area contributed by atoms with E-state index in [1.54, 1.807) is 0 Å². The predicted molar refractivity (Wildman–Crippen MR) is 120 cm³/mol. The van der Waals surface area contributed by atoms with Crippen LogP contribution in [0.25, 0.3) is 0 Å². The summed E-state index contributed by atoms with van der Waals surface area (Å²) >= 11 is 0. The van der Waals surface area contributed by atoms with E-state index < -0.39 is 5.60 Å². The van der Waals surface area contributed by atoms with Crippen molar-refractivity contribution in [1.29, 1.82) is 0 Å². The largest absolute Gasteiger partial charge is 0.444 e. The second-order valence-corrected chi connectivity index (χ2v) is 9.59. The molecule has 0 aliphatic carbocycles. The summed E-state index contributed by atoms with van der Waals surface area (Å²) in [6, 6.07) is 9.30. The fraction of sp³-hybridized carbons (Fsp3) is 0.696. The van der Waals surface area contributed by atoms with Crippen molar-refractivity contribution in [3.63, 3.8) is 0 Å². The van der Waals surface area contributed by atoms with Crippen LogP contribution in [0.15, 0.2) is 24.3 Å². The van der Waals surface area contributed by atoms with Crippen molar-refractivity contribution in [3.8, 4) is 0 Å². The standard InChI is InChI=1S/C23H38N4O2/c1-18(17-21-7-6-12-27(21)22(28)29-23(2,3)4)24-19-8-10-20(11-9-19)26-15-13-25(5)14-16-26/h8-11,18,21,24H,6-7,12-17H2,1-5H3/t18-,21+/m0/s1. The molecule has 2 heterocycles. The minimum atomic E-state index is -0.445. The predicted octanol–water partition coefficient (Wildman–Crippen LogP) is 4.03. The molecule has 2 saturated heterocycles. The summed E-state index contributed by atoms with van der Waals surface area (Å²) < 4.78 is 5.59. The fourth-order valence-electron chi connectivity index (χ4n) is 4.23. The third-order valence-electron chi connectivity index (χ3n) is 5.78. The first-order valence-corrected chi connectivity index (χ1v) is 11.0. The van der Waals surface area contributed by atoms with Crippen molar-refractivity contribution >= 4 is 17.5 Å². The zero-order valence-electron chi connectivity index (χ0n) is 18.8. The Hall–Kier alpha value is -1.95. The SMILES string of the molecule is C[C@@H](C[C@H]1CCCN1C(=O)OC(C)(C)C)Nc1ccc(N2CCN(C)CC2)cc1. The molecule has 2 aliphatic rings.